The Bertz CT molecular complexity index is 860. The van der Waals surface area contributed by atoms with Gasteiger partial charge in [0.05, 0.1) is 17.1 Å². The number of rotatable bonds is 6. The molecule has 1 aromatic heterocycles. The van der Waals surface area contributed by atoms with Gasteiger partial charge in [-0.15, -0.1) is 0 Å². The molecule has 26 heavy (non-hydrogen) atoms. The first-order chi connectivity index (χ1) is 12.6. The van der Waals surface area contributed by atoms with Crippen LogP contribution in [0.15, 0.2) is 60.7 Å². The monoisotopic (exact) mass is 349 g/mol. The molecule has 2 aromatic carbocycles. The topological polar surface area (TPSA) is 73.3 Å². The Hall–Kier alpha value is -3.41. The van der Waals surface area contributed by atoms with Crippen LogP contribution in [0.3, 0.4) is 0 Å². The van der Waals surface area contributed by atoms with Crippen LogP contribution in [-0.2, 0) is 4.79 Å². The summed E-state index contributed by atoms with van der Waals surface area (Å²) in [7, 11) is 0. The zero-order valence-corrected chi connectivity index (χ0v) is 14.6. The van der Waals surface area contributed by atoms with Gasteiger partial charge in [-0.25, -0.2) is 0 Å². The number of carbonyl (C=O) groups excluding carboxylic acids is 1. The molecule has 3 rings (SSSR count). The normalized spacial score (nSPS) is 10.2. The standard InChI is InChI=1S/C20H19N3O3/c1-14-19(23-18(24)13-25-16-9-5-3-6-10-16)15(2)22-20(21-14)26-17-11-7-4-8-12-17/h3-12H,13H2,1-2H3,(H,23,24). The predicted octanol–water partition coefficient (Wildman–Crippen LogP) is 3.90. The van der Waals surface area contributed by atoms with Crippen molar-refractivity contribution in [2.45, 2.75) is 13.8 Å². The Morgan fingerprint density at radius 1 is 0.885 bits per heavy atom. The Labute approximate surface area is 151 Å². The number of benzene rings is 2. The van der Waals surface area contributed by atoms with Gasteiger partial charge in [0, 0.05) is 0 Å². The highest BCUT2D eigenvalue weighted by molar-refractivity contribution is 5.92. The van der Waals surface area contributed by atoms with Gasteiger partial charge in [0.2, 0.25) is 0 Å². The van der Waals surface area contributed by atoms with Gasteiger partial charge in [0.1, 0.15) is 11.5 Å². The molecule has 132 valence electrons. The van der Waals surface area contributed by atoms with Gasteiger partial charge < -0.3 is 14.8 Å². The Morgan fingerprint density at radius 2 is 1.42 bits per heavy atom. The summed E-state index contributed by atoms with van der Waals surface area (Å²) in [6.45, 7) is 3.49. The fourth-order valence-corrected chi connectivity index (χ4v) is 2.35. The second-order valence-corrected chi connectivity index (χ2v) is 5.62. The van der Waals surface area contributed by atoms with E-state index in [-0.39, 0.29) is 18.5 Å². The minimum absolute atomic E-state index is 0.0921. The van der Waals surface area contributed by atoms with Crippen LogP contribution in [0.25, 0.3) is 0 Å². The lowest BCUT2D eigenvalue weighted by Gasteiger charge is -2.13. The fourth-order valence-electron chi connectivity index (χ4n) is 2.35. The molecule has 0 bridgehead atoms. The molecule has 1 amide bonds. The van der Waals surface area contributed by atoms with Gasteiger partial charge in [0.25, 0.3) is 5.91 Å². The highest BCUT2D eigenvalue weighted by Gasteiger charge is 2.13. The highest BCUT2D eigenvalue weighted by Crippen LogP contribution is 2.23. The van der Waals surface area contributed by atoms with E-state index in [9.17, 15) is 4.79 Å². The minimum atomic E-state index is -0.277. The lowest BCUT2D eigenvalue weighted by molar-refractivity contribution is -0.118. The van der Waals surface area contributed by atoms with Gasteiger partial charge in [-0.2, -0.15) is 9.97 Å². The third kappa shape index (κ3) is 4.57. The van der Waals surface area contributed by atoms with Crippen molar-refractivity contribution in [2.75, 3.05) is 11.9 Å². The number of amides is 1. The summed E-state index contributed by atoms with van der Waals surface area (Å²) in [6.07, 6.45) is 0. The van der Waals surface area contributed by atoms with Gasteiger partial charge in [0.15, 0.2) is 6.61 Å². The first-order valence-corrected chi connectivity index (χ1v) is 8.17. The Balaban J connectivity index is 1.65. The quantitative estimate of drug-likeness (QED) is 0.730. The van der Waals surface area contributed by atoms with E-state index in [0.717, 1.165) is 0 Å². The lowest BCUT2D eigenvalue weighted by Crippen LogP contribution is -2.22. The molecule has 0 atom stereocenters. The SMILES string of the molecule is Cc1nc(Oc2ccccc2)nc(C)c1NC(=O)COc1ccccc1. The number of nitrogens with zero attached hydrogens (tertiary/aromatic N) is 2. The molecule has 3 aromatic rings. The molecule has 0 aliphatic rings. The number of carbonyl (C=O) groups is 1. The maximum Gasteiger partial charge on any atom is 0.322 e. The average Bonchev–Trinajstić information content (AvgIpc) is 2.65. The number of anilines is 1. The maximum atomic E-state index is 12.1. The van der Waals surface area contributed by atoms with E-state index in [4.69, 9.17) is 9.47 Å². The van der Waals surface area contributed by atoms with Crippen LogP contribution in [0.4, 0.5) is 5.69 Å². The number of nitrogens with one attached hydrogen (secondary N) is 1. The van der Waals surface area contributed by atoms with E-state index >= 15 is 0 Å². The van der Waals surface area contributed by atoms with Crippen molar-refractivity contribution in [1.82, 2.24) is 9.97 Å². The van der Waals surface area contributed by atoms with Crippen molar-refractivity contribution in [3.63, 3.8) is 0 Å². The summed E-state index contributed by atoms with van der Waals surface area (Å²) >= 11 is 0. The van der Waals surface area contributed by atoms with Crippen LogP contribution in [-0.4, -0.2) is 22.5 Å². The second-order valence-electron chi connectivity index (χ2n) is 5.62. The van der Waals surface area contributed by atoms with Crippen molar-refractivity contribution in [3.8, 4) is 17.5 Å². The van der Waals surface area contributed by atoms with Crippen molar-refractivity contribution in [3.05, 3.63) is 72.1 Å². The van der Waals surface area contributed by atoms with E-state index in [1.807, 2.05) is 48.5 Å². The molecule has 1 N–H and O–H groups in total. The number of ether oxygens (including phenoxy) is 2. The Kier molecular flexibility index (Phi) is 5.43. The van der Waals surface area contributed by atoms with E-state index < -0.39 is 0 Å². The van der Waals surface area contributed by atoms with Gasteiger partial charge in [-0.3, -0.25) is 4.79 Å². The van der Waals surface area contributed by atoms with Crippen molar-refractivity contribution in [2.24, 2.45) is 0 Å². The molecule has 0 saturated heterocycles. The first kappa shape index (κ1) is 17.4. The van der Waals surface area contributed by atoms with Crippen LogP contribution < -0.4 is 14.8 Å². The minimum Gasteiger partial charge on any atom is -0.484 e. The molecule has 6 heteroatoms. The van der Waals surface area contributed by atoms with Crippen LogP contribution in [0.5, 0.6) is 17.5 Å². The smallest absolute Gasteiger partial charge is 0.322 e. The van der Waals surface area contributed by atoms with Gasteiger partial charge in [-0.05, 0) is 38.1 Å². The van der Waals surface area contributed by atoms with Crippen molar-refractivity contribution < 1.29 is 14.3 Å². The first-order valence-electron chi connectivity index (χ1n) is 8.17. The highest BCUT2D eigenvalue weighted by atomic mass is 16.5. The molecule has 0 aliphatic heterocycles. The zero-order valence-electron chi connectivity index (χ0n) is 14.6. The third-order valence-corrected chi connectivity index (χ3v) is 3.58. The fraction of sp³-hybridized carbons (Fsp3) is 0.150. The molecule has 0 spiro atoms. The number of aromatic nitrogens is 2. The summed E-state index contributed by atoms with van der Waals surface area (Å²) < 4.78 is 11.1. The summed E-state index contributed by atoms with van der Waals surface area (Å²) in [6, 6.07) is 18.7. The molecule has 0 radical (unpaired) electrons. The molecule has 0 saturated carbocycles. The zero-order chi connectivity index (χ0) is 18.4. The van der Waals surface area contributed by atoms with E-state index in [1.165, 1.54) is 0 Å². The Morgan fingerprint density at radius 3 is 2.00 bits per heavy atom. The summed E-state index contributed by atoms with van der Waals surface area (Å²) in [5.74, 6) is 1.01. The average molecular weight is 349 g/mol. The molecular formula is C20H19N3O3. The van der Waals surface area contributed by atoms with Crippen LogP contribution >= 0.6 is 0 Å². The van der Waals surface area contributed by atoms with E-state index in [0.29, 0.717) is 28.6 Å². The summed E-state index contributed by atoms with van der Waals surface area (Å²) in [4.78, 5) is 20.8. The van der Waals surface area contributed by atoms with Gasteiger partial charge >= 0.3 is 6.01 Å². The number of aryl methyl sites for hydroxylation is 2. The molecule has 0 fully saturated rings. The molecule has 1 heterocycles. The summed E-state index contributed by atoms with van der Waals surface area (Å²) in [5, 5.41) is 2.80. The lowest BCUT2D eigenvalue weighted by atomic mass is 10.3. The third-order valence-electron chi connectivity index (χ3n) is 3.58. The number of para-hydroxylation sites is 2. The van der Waals surface area contributed by atoms with Crippen LogP contribution in [0.1, 0.15) is 11.4 Å². The molecule has 0 unspecified atom stereocenters. The maximum absolute atomic E-state index is 12.1. The van der Waals surface area contributed by atoms with Crippen molar-refractivity contribution >= 4 is 11.6 Å². The largest absolute Gasteiger partial charge is 0.484 e. The number of hydrogen-bond donors (Lipinski definition) is 1. The van der Waals surface area contributed by atoms with Crippen LogP contribution in [0, 0.1) is 13.8 Å². The second kappa shape index (κ2) is 8.11. The van der Waals surface area contributed by atoms with E-state index in [1.54, 1.807) is 26.0 Å². The molecule has 6 nitrogen and oxygen atoms in total. The van der Waals surface area contributed by atoms with E-state index in [2.05, 4.69) is 15.3 Å². The van der Waals surface area contributed by atoms with Crippen LogP contribution in [0.2, 0.25) is 0 Å². The molecular weight excluding hydrogens is 330 g/mol. The number of hydrogen-bond acceptors (Lipinski definition) is 5. The van der Waals surface area contributed by atoms with Gasteiger partial charge in [-0.1, -0.05) is 36.4 Å². The van der Waals surface area contributed by atoms with Crippen molar-refractivity contribution in [1.29, 1.82) is 0 Å². The summed E-state index contributed by atoms with van der Waals surface area (Å²) in [5.41, 5.74) is 1.81. The molecule has 0 aliphatic carbocycles. The predicted molar refractivity (Wildman–Crippen MR) is 98.6 cm³/mol.